The van der Waals surface area contributed by atoms with Crippen LogP contribution in [0.5, 0.6) is 0 Å². The quantitative estimate of drug-likeness (QED) is 0.242. The minimum Gasteiger partial charge on any atom is -0.366 e. The number of aromatic nitrogens is 4. The third-order valence-corrected chi connectivity index (χ3v) is 7.82. The number of sulfonamides is 1. The Morgan fingerprint density at radius 2 is 1.84 bits per heavy atom. The Bertz CT molecular complexity index is 1530. The van der Waals surface area contributed by atoms with Crippen LogP contribution in [0.15, 0.2) is 53.6 Å². The van der Waals surface area contributed by atoms with Gasteiger partial charge in [-0.15, -0.1) is 12.4 Å². The Balaban J connectivity index is 0.00000336. The van der Waals surface area contributed by atoms with Gasteiger partial charge >= 0.3 is 0 Å². The minimum absolute atomic E-state index is 0. The van der Waals surface area contributed by atoms with Crippen molar-refractivity contribution in [1.82, 2.24) is 19.5 Å². The maximum atomic E-state index is 11.8. The molecule has 2 aromatic carbocycles. The predicted molar refractivity (Wildman–Crippen MR) is 154 cm³/mol. The molecular weight excluding hydrogens is 524 g/mol. The first-order valence-corrected chi connectivity index (χ1v) is 14.0. The van der Waals surface area contributed by atoms with Crippen molar-refractivity contribution in [2.75, 3.05) is 16.0 Å². The van der Waals surface area contributed by atoms with E-state index in [1.807, 2.05) is 7.05 Å². The number of rotatable bonds is 8. The molecule has 1 aliphatic carbocycles. The van der Waals surface area contributed by atoms with Gasteiger partial charge in [-0.1, -0.05) is 31.4 Å². The Labute approximate surface area is 228 Å². The molecule has 1 aliphatic rings. The SMILES string of the molecule is Cc1ccc(Nc2nccc(NCc3ccc4c(c3)nc(NC3CCCCC3)n4C)n2)cc1S(N)(=O)=O.Cl. The standard InChI is InChI=1S/C26H32N8O2S.ClH/c1-17-8-10-20(15-23(17)37(27,35)36)30-25-28-13-12-24(33-25)29-16-18-9-11-22-21(14-18)32-26(34(22)2)31-19-6-4-3-5-7-19;/h8-15,19H,3-7,16H2,1-2H3,(H,31,32)(H2,27,35,36)(H2,28,29,30,33);1H. The van der Waals surface area contributed by atoms with Gasteiger partial charge in [-0.3, -0.25) is 0 Å². The second kappa shape index (κ2) is 11.5. The molecule has 0 aliphatic heterocycles. The topological polar surface area (TPSA) is 140 Å². The summed E-state index contributed by atoms with van der Waals surface area (Å²) in [7, 11) is -1.77. The van der Waals surface area contributed by atoms with E-state index in [4.69, 9.17) is 10.1 Å². The third-order valence-electron chi connectivity index (χ3n) is 6.76. The lowest BCUT2D eigenvalue weighted by Gasteiger charge is -2.23. The number of nitrogens with zero attached hydrogens (tertiary/aromatic N) is 4. The van der Waals surface area contributed by atoms with Gasteiger partial charge in [0, 0.05) is 31.5 Å². The summed E-state index contributed by atoms with van der Waals surface area (Å²) in [5.41, 5.74) is 4.23. The molecule has 202 valence electrons. The van der Waals surface area contributed by atoms with Gasteiger partial charge in [0.25, 0.3) is 0 Å². The number of fused-ring (bicyclic) bond motifs is 1. The van der Waals surface area contributed by atoms with Crippen molar-refractivity contribution in [3.05, 3.63) is 59.8 Å². The van der Waals surface area contributed by atoms with E-state index in [-0.39, 0.29) is 17.3 Å². The van der Waals surface area contributed by atoms with Gasteiger partial charge in [-0.25, -0.2) is 23.5 Å². The Kier molecular flexibility index (Phi) is 8.39. The van der Waals surface area contributed by atoms with E-state index >= 15 is 0 Å². The lowest BCUT2D eigenvalue weighted by molar-refractivity contribution is 0.460. The molecule has 12 heteroatoms. The molecule has 1 fully saturated rings. The summed E-state index contributed by atoms with van der Waals surface area (Å²) in [5.74, 6) is 1.89. The van der Waals surface area contributed by atoms with Gasteiger partial charge < -0.3 is 20.5 Å². The molecule has 5 rings (SSSR count). The molecule has 0 saturated heterocycles. The fraction of sp³-hybridized carbons (Fsp3) is 0.346. The third kappa shape index (κ3) is 6.35. The van der Waals surface area contributed by atoms with Crippen LogP contribution in [-0.4, -0.2) is 34.0 Å². The highest BCUT2D eigenvalue weighted by molar-refractivity contribution is 7.89. The van der Waals surface area contributed by atoms with Crippen LogP contribution in [0.25, 0.3) is 11.0 Å². The van der Waals surface area contributed by atoms with Gasteiger partial charge in [0.05, 0.1) is 15.9 Å². The smallest absolute Gasteiger partial charge is 0.238 e. The van der Waals surface area contributed by atoms with Crippen LogP contribution < -0.4 is 21.1 Å². The molecule has 0 atom stereocenters. The van der Waals surface area contributed by atoms with Gasteiger partial charge in [0.2, 0.25) is 21.9 Å². The average Bonchev–Trinajstić information content (AvgIpc) is 3.18. The van der Waals surface area contributed by atoms with Crippen LogP contribution in [0.2, 0.25) is 0 Å². The minimum atomic E-state index is -3.82. The number of anilines is 4. The molecule has 0 spiro atoms. The van der Waals surface area contributed by atoms with Crippen molar-refractivity contribution >= 4 is 56.9 Å². The Morgan fingerprint density at radius 1 is 1.05 bits per heavy atom. The van der Waals surface area contributed by atoms with Crippen LogP contribution >= 0.6 is 12.4 Å². The molecule has 1 saturated carbocycles. The maximum Gasteiger partial charge on any atom is 0.238 e. The van der Waals surface area contributed by atoms with Crippen LogP contribution in [0.1, 0.15) is 43.2 Å². The normalized spacial score (nSPS) is 14.2. The fourth-order valence-corrected chi connectivity index (χ4v) is 5.55. The zero-order valence-corrected chi connectivity index (χ0v) is 23.1. The summed E-state index contributed by atoms with van der Waals surface area (Å²) in [6.07, 6.45) is 7.92. The fourth-order valence-electron chi connectivity index (χ4n) is 4.74. The predicted octanol–water partition coefficient (Wildman–Crippen LogP) is 4.84. The lowest BCUT2D eigenvalue weighted by Crippen LogP contribution is -2.23. The molecule has 10 nitrogen and oxygen atoms in total. The number of nitrogens with two attached hydrogens (primary N) is 1. The van der Waals surface area contributed by atoms with Crippen LogP contribution in [0.3, 0.4) is 0 Å². The summed E-state index contributed by atoms with van der Waals surface area (Å²) < 4.78 is 25.8. The van der Waals surface area contributed by atoms with E-state index in [1.54, 1.807) is 31.3 Å². The number of nitrogens with one attached hydrogen (secondary N) is 3. The number of imidazole rings is 1. The van der Waals surface area contributed by atoms with E-state index in [0.717, 1.165) is 22.5 Å². The Morgan fingerprint density at radius 3 is 2.61 bits per heavy atom. The van der Waals surface area contributed by atoms with E-state index in [9.17, 15) is 8.42 Å². The van der Waals surface area contributed by atoms with Gasteiger partial charge in [-0.05, 0) is 61.2 Å². The number of primary sulfonamides is 1. The molecular formula is C26H33ClN8O2S. The number of benzene rings is 2. The van der Waals surface area contributed by atoms with Gasteiger partial charge in [0.15, 0.2) is 0 Å². The van der Waals surface area contributed by atoms with Crippen molar-refractivity contribution in [2.45, 2.75) is 56.5 Å². The summed E-state index contributed by atoms with van der Waals surface area (Å²) in [4.78, 5) is 13.7. The van der Waals surface area contributed by atoms with Crippen molar-refractivity contribution < 1.29 is 8.42 Å². The molecule has 0 amide bonds. The van der Waals surface area contributed by atoms with E-state index in [2.05, 4.69) is 48.7 Å². The second-order valence-electron chi connectivity index (χ2n) is 9.57. The zero-order valence-electron chi connectivity index (χ0n) is 21.4. The molecule has 0 bridgehead atoms. The molecule has 0 radical (unpaired) electrons. The van der Waals surface area contributed by atoms with Crippen molar-refractivity contribution in [1.29, 1.82) is 0 Å². The summed E-state index contributed by atoms with van der Waals surface area (Å²) in [6.45, 7) is 2.26. The molecule has 4 aromatic rings. The first-order chi connectivity index (χ1) is 17.8. The maximum absolute atomic E-state index is 11.8. The second-order valence-corrected chi connectivity index (χ2v) is 11.1. The largest absolute Gasteiger partial charge is 0.366 e. The summed E-state index contributed by atoms with van der Waals surface area (Å²) in [6, 6.07) is 13.5. The first-order valence-electron chi connectivity index (χ1n) is 12.5. The number of halogens is 1. The molecule has 0 unspecified atom stereocenters. The highest BCUT2D eigenvalue weighted by Crippen LogP contribution is 2.25. The average molecular weight is 557 g/mol. The molecule has 2 aromatic heterocycles. The van der Waals surface area contributed by atoms with E-state index < -0.39 is 10.0 Å². The van der Waals surface area contributed by atoms with Crippen molar-refractivity contribution in [3.8, 4) is 0 Å². The highest BCUT2D eigenvalue weighted by atomic mass is 35.5. The number of hydrogen-bond donors (Lipinski definition) is 4. The molecule has 5 N–H and O–H groups in total. The molecule has 38 heavy (non-hydrogen) atoms. The van der Waals surface area contributed by atoms with Crippen molar-refractivity contribution in [2.24, 2.45) is 12.2 Å². The zero-order chi connectivity index (χ0) is 26.0. The van der Waals surface area contributed by atoms with Crippen LogP contribution in [0, 0.1) is 6.92 Å². The number of hydrogen-bond acceptors (Lipinski definition) is 8. The van der Waals surface area contributed by atoms with Crippen LogP contribution in [-0.2, 0) is 23.6 Å². The summed E-state index contributed by atoms with van der Waals surface area (Å²) >= 11 is 0. The Hall–Kier alpha value is -3.41. The molecule has 2 heterocycles. The van der Waals surface area contributed by atoms with E-state index in [1.165, 1.54) is 38.2 Å². The summed E-state index contributed by atoms with van der Waals surface area (Å²) in [5, 5.41) is 15.3. The van der Waals surface area contributed by atoms with Gasteiger partial charge in [-0.2, -0.15) is 4.98 Å². The van der Waals surface area contributed by atoms with Crippen LogP contribution in [0.4, 0.5) is 23.4 Å². The lowest BCUT2D eigenvalue weighted by atomic mass is 9.96. The monoisotopic (exact) mass is 556 g/mol. The van der Waals surface area contributed by atoms with Crippen molar-refractivity contribution in [3.63, 3.8) is 0 Å². The number of aryl methyl sites for hydroxylation is 2. The first kappa shape index (κ1) is 27.6. The van der Waals surface area contributed by atoms with Gasteiger partial charge in [0.1, 0.15) is 5.82 Å². The highest BCUT2D eigenvalue weighted by Gasteiger charge is 2.17. The van der Waals surface area contributed by atoms with E-state index in [0.29, 0.717) is 35.6 Å².